The maximum Gasteiger partial charge on any atom is 0.261 e. The molecule has 2 aromatic heterocycles. The van der Waals surface area contributed by atoms with Crippen LogP contribution >= 0.6 is 0 Å². The molecule has 0 spiro atoms. The number of rotatable bonds is 2. The molecule has 0 saturated carbocycles. The second-order valence-electron chi connectivity index (χ2n) is 7.83. The van der Waals surface area contributed by atoms with Crippen LogP contribution in [-0.4, -0.2) is 38.1 Å². The van der Waals surface area contributed by atoms with E-state index in [1.54, 1.807) is 4.90 Å². The van der Waals surface area contributed by atoms with Gasteiger partial charge in [0.1, 0.15) is 11.4 Å². The zero-order valence-corrected chi connectivity index (χ0v) is 16.0. The van der Waals surface area contributed by atoms with Crippen LogP contribution in [0.3, 0.4) is 0 Å². The number of piperidine rings is 1. The normalized spacial score (nSPS) is 19.4. The van der Waals surface area contributed by atoms with Crippen molar-refractivity contribution in [2.24, 2.45) is 0 Å². The summed E-state index contributed by atoms with van der Waals surface area (Å²) in [5.41, 5.74) is 2.54. The summed E-state index contributed by atoms with van der Waals surface area (Å²) in [4.78, 5) is 50.8. The number of aromatic nitrogens is 3. The molecule has 3 aromatic rings. The number of nitrogens with one attached hydrogen (secondary N) is 2. The minimum absolute atomic E-state index is 0.0102. The van der Waals surface area contributed by atoms with E-state index in [1.807, 2.05) is 24.3 Å². The maximum atomic E-state index is 13.4. The Labute approximate surface area is 167 Å². The fourth-order valence-corrected chi connectivity index (χ4v) is 4.48. The molecule has 29 heavy (non-hydrogen) atoms. The van der Waals surface area contributed by atoms with E-state index in [0.717, 1.165) is 42.5 Å². The van der Waals surface area contributed by atoms with E-state index in [-0.39, 0.29) is 23.3 Å². The molecule has 1 saturated heterocycles. The van der Waals surface area contributed by atoms with Crippen LogP contribution in [0.4, 0.5) is 0 Å². The third kappa shape index (κ3) is 3.06. The molecule has 1 unspecified atom stereocenters. The number of hydrogen-bond donors (Lipinski definition) is 2. The Kier molecular flexibility index (Phi) is 4.30. The van der Waals surface area contributed by atoms with E-state index in [1.165, 1.54) is 6.07 Å². The Morgan fingerprint density at radius 2 is 1.93 bits per heavy atom. The van der Waals surface area contributed by atoms with Crippen LogP contribution in [0.25, 0.3) is 11.0 Å². The lowest BCUT2D eigenvalue weighted by Crippen LogP contribution is -2.41. The number of hydrogen-bond acceptors (Lipinski definition) is 4. The number of imidazole rings is 1. The minimum Gasteiger partial charge on any atom is -0.340 e. The van der Waals surface area contributed by atoms with Crippen molar-refractivity contribution in [1.29, 1.82) is 0 Å². The molecule has 5 rings (SSSR count). The van der Waals surface area contributed by atoms with Gasteiger partial charge in [0.25, 0.3) is 11.5 Å². The Balaban J connectivity index is 1.53. The number of likely N-dealkylation sites (tertiary alicyclic amines) is 1. The molecule has 1 aromatic carbocycles. The summed E-state index contributed by atoms with van der Waals surface area (Å²) < 4.78 is 0. The first-order chi connectivity index (χ1) is 14.1. The number of para-hydroxylation sites is 2. The molecule has 1 amide bonds. The van der Waals surface area contributed by atoms with Crippen LogP contribution in [0.5, 0.6) is 0 Å². The highest BCUT2D eigenvalue weighted by Gasteiger charge is 2.33. The summed E-state index contributed by atoms with van der Waals surface area (Å²) in [5, 5.41) is 0. The number of benzene rings is 1. The molecule has 0 radical (unpaired) electrons. The van der Waals surface area contributed by atoms with Crippen LogP contribution in [-0.2, 0) is 6.42 Å². The molecule has 7 heteroatoms. The molecule has 2 aliphatic rings. The highest BCUT2D eigenvalue weighted by Crippen LogP contribution is 2.31. The van der Waals surface area contributed by atoms with Crippen molar-refractivity contribution in [1.82, 2.24) is 19.9 Å². The Morgan fingerprint density at radius 1 is 1.07 bits per heavy atom. The molecule has 148 valence electrons. The molecular formula is C22H22N4O3. The van der Waals surface area contributed by atoms with E-state index in [0.29, 0.717) is 30.6 Å². The number of fused-ring (bicyclic) bond motifs is 2. The number of aromatic amines is 2. The molecule has 1 fully saturated rings. The van der Waals surface area contributed by atoms with Gasteiger partial charge in [0.15, 0.2) is 5.78 Å². The second kappa shape index (κ2) is 6.99. The van der Waals surface area contributed by atoms with Crippen molar-refractivity contribution in [3.05, 3.63) is 63.3 Å². The Hall–Kier alpha value is -3.22. The van der Waals surface area contributed by atoms with Crippen molar-refractivity contribution in [2.45, 2.75) is 44.6 Å². The van der Waals surface area contributed by atoms with Gasteiger partial charge in [-0.1, -0.05) is 12.1 Å². The fourth-order valence-electron chi connectivity index (χ4n) is 4.48. The first-order valence-electron chi connectivity index (χ1n) is 10.2. The van der Waals surface area contributed by atoms with Crippen molar-refractivity contribution < 1.29 is 9.59 Å². The lowest BCUT2D eigenvalue weighted by molar-refractivity contribution is 0.0599. The van der Waals surface area contributed by atoms with Gasteiger partial charge in [-0.3, -0.25) is 14.4 Å². The lowest BCUT2D eigenvalue weighted by atomic mass is 9.93. The second-order valence-corrected chi connectivity index (χ2v) is 7.83. The Morgan fingerprint density at radius 3 is 2.79 bits per heavy atom. The summed E-state index contributed by atoms with van der Waals surface area (Å²) in [7, 11) is 0. The quantitative estimate of drug-likeness (QED) is 0.702. The number of Topliss-reactive ketones (excluding diaryl/α,β-unsaturated/α-hetero) is 1. The van der Waals surface area contributed by atoms with Gasteiger partial charge >= 0.3 is 0 Å². The number of nitrogens with zero attached hydrogens (tertiary/aromatic N) is 2. The predicted octanol–water partition coefficient (Wildman–Crippen LogP) is 3.14. The number of pyridine rings is 1. The number of ketones is 1. The van der Waals surface area contributed by atoms with Crippen LogP contribution < -0.4 is 5.56 Å². The smallest absolute Gasteiger partial charge is 0.261 e. The third-order valence-electron chi connectivity index (χ3n) is 5.97. The van der Waals surface area contributed by atoms with Gasteiger partial charge in [0.05, 0.1) is 17.1 Å². The third-order valence-corrected chi connectivity index (χ3v) is 5.97. The average Bonchev–Trinajstić information content (AvgIpc) is 3.17. The molecule has 1 atom stereocenters. The van der Waals surface area contributed by atoms with Gasteiger partial charge in [-0.15, -0.1) is 0 Å². The maximum absolute atomic E-state index is 13.4. The number of amides is 1. The molecule has 3 heterocycles. The fraction of sp³-hybridized carbons (Fsp3) is 0.364. The monoisotopic (exact) mass is 390 g/mol. The van der Waals surface area contributed by atoms with Crippen LogP contribution in [0, 0.1) is 0 Å². The van der Waals surface area contributed by atoms with Gasteiger partial charge in [0.2, 0.25) is 0 Å². The summed E-state index contributed by atoms with van der Waals surface area (Å²) in [6, 6.07) is 9.06. The number of carbonyl (C=O) groups excluding carboxylic acids is 2. The number of aryl methyl sites for hydroxylation is 1. The van der Waals surface area contributed by atoms with Crippen LogP contribution in [0.2, 0.25) is 0 Å². The Bertz CT molecular complexity index is 1140. The standard InChI is InChI=1S/C22H22N4O3/c27-19-10-5-8-15-13(19)12-14(21(28)25-15)22(29)26-11-4-3-9-18(26)20-23-16-6-1-2-7-17(16)24-20/h1-2,6-7,12,18H,3-5,8-11H2,(H,23,24)(H,25,28). The first-order valence-corrected chi connectivity index (χ1v) is 10.2. The minimum atomic E-state index is -0.419. The molecule has 2 N–H and O–H groups in total. The summed E-state index contributed by atoms with van der Waals surface area (Å²) >= 11 is 0. The average molecular weight is 390 g/mol. The molecular weight excluding hydrogens is 368 g/mol. The largest absolute Gasteiger partial charge is 0.340 e. The topological polar surface area (TPSA) is 98.9 Å². The first kappa shape index (κ1) is 17.8. The van der Waals surface area contributed by atoms with E-state index in [9.17, 15) is 14.4 Å². The van der Waals surface area contributed by atoms with E-state index >= 15 is 0 Å². The summed E-state index contributed by atoms with van der Waals surface area (Å²) in [6.07, 6.45) is 4.51. The van der Waals surface area contributed by atoms with E-state index in [4.69, 9.17) is 0 Å². The highest BCUT2D eigenvalue weighted by atomic mass is 16.2. The van der Waals surface area contributed by atoms with Gasteiger partial charge in [0, 0.05) is 24.2 Å². The van der Waals surface area contributed by atoms with Gasteiger partial charge in [-0.25, -0.2) is 4.98 Å². The zero-order valence-electron chi connectivity index (χ0n) is 16.0. The number of carbonyl (C=O) groups is 2. The van der Waals surface area contributed by atoms with Gasteiger partial charge in [-0.05, 0) is 50.3 Å². The van der Waals surface area contributed by atoms with Crippen molar-refractivity contribution >= 4 is 22.7 Å². The van der Waals surface area contributed by atoms with E-state index < -0.39 is 5.56 Å². The highest BCUT2D eigenvalue weighted by molar-refractivity contribution is 6.01. The lowest BCUT2D eigenvalue weighted by Gasteiger charge is -2.34. The van der Waals surface area contributed by atoms with E-state index in [2.05, 4.69) is 15.0 Å². The summed E-state index contributed by atoms with van der Waals surface area (Å²) in [6.45, 7) is 0.561. The van der Waals surface area contributed by atoms with Gasteiger partial charge in [-0.2, -0.15) is 0 Å². The van der Waals surface area contributed by atoms with Gasteiger partial charge < -0.3 is 14.9 Å². The molecule has 1 aliphatic carbocycles. The van der Waals surface area contributed by atoms with Crippen molar-refractivity contribution in [2.75, 3.05) is 6.54 Å². The zero-order chi connectivity index (χ0) is 20.0. The van der Waals surface area contributed by atoms with Crippen molar-refractivity contribution in [3.63, 3.8) is 0 Å². The molecule has 0 bridgehead atoms. The number of H-pyrrole nitrogens is 2. The van der Waals surface area contributed by atoms with Crippen LogP contribution in [0.1, 0.15) is 70.4 Å². The SMILES string of the molecule is O=C1CCCc2[nH]c(=O)c(C(=O)N3CCCCC3c3nc4ccccc4[nH]3)cc21. The van der Waals surface area contributed by atoms with Crippen LogP contribution in [0.15, 0.2) is 35.1 Å². The summed E-state index contributed by atoms with van der Waals surface area (Å²) in [5.74, 6) is 0.395. The van der Waals surface area contributed by atoms with Crippen molar-refractivity contribution in [3.8, 4) is 0 Å². The molecule has 1 aliphatic heterocycles. The predicted molar refractivity (Wildman–Crippen MR) is 108 cm³/mol. The molecule has 7 nitrogen and oxygen atoms in total.